The van der Waals surface area contributed by atoms with Crippen molar-refractivity contribution in [3.8, 4) is 0 Å². The van der Waals surface area contributed by atoms with Gasteiger partial charge in [-0.05, 0) is 32.6 Å². The molecule has 18 heavy (non-hydrogen) atoms. The van der Waals surface area contributed by atoms with Crippen LogP contribution in [0, 0.1) is 5.92 Å². The average Bonchev–Trinajstić information content (AvgIpc) is 2.78. The SMILES string of the molecule is CCOC(=O)CC(C)N(CC(C)C)C1CCCC1. The summed E-state index contributed by atoms with van der Waals surface area (Å²) in [4.78, 5) is 14.1. The lowest BCUT2D eigenvalue weighted by Crippen LogP contribution is -2.43. The lowest BCUT2D eigenvalue weighted by molar-refractivity contribution is -0.144. The van der Waals surface area contributed by atoms with E-state index in [-0.39, 0.29) is 5.97 Å². The average molecular weight is 255 g/mol. The highest BCUT2D eigenvalue weighted by Gasteiger charge is 2.28. The molecule has 1 saturated carbocycles. The van der Waals surface area contributed by atoms with Crippen molar-refractivity contribution in [3.63, 3.8) is 0 Å². The van der Waals surface area contributed by atoms with Gasteiger partial charge in [-0.15, -0.1) is 0 Å². The van der Waals surface area contributed by atoms with Gasteiger partial charge in [0.1, 0.15) is 0 Å². The third-order valence-electron chi connectivity index (χ3n) is 3.70. The maximum Gasteiger partial charge on any atom is 0.307 e. The number of nitrogens with zero attached hydrogens (tertiary/aromatic N) is 1. The summed E-state index contributed by atoms with van der Waals surface area (Å²) >= 11 is 0. The summed E-state index contributed by atoms with van der Waals surface area (Å²) in [5.74, 6) is 0.590. The van der Waals surface area contributed by atoms with Crippen LogP contribution in [0.4, 0.5) is 0 Å². The van der Waals surface area contributed by atoms with Crippen LogP contribution in [0.15, 0.2) is 0 Å². The fourth-order valence-electron chi connectivity index (χ4n) is 2.92. The molecule has 0 N–H and O–H groups in total. The van der Waals surface area contributed by atoms with Gasteiger partial charge in [-0.25, -0.2) is 0 Å². The van der Waals surface area contributed by atoms with Crippen molar-refractivity contribution in [3.05, 3.63) is 0 Å². The van der Waals surface area contributed by atoms with E-state index in [1.807, 2.05) is 6.92 Å². The largest absolute Gasteiger partial charge is 0.466 e. The first-order valence-corrected chi connectivity index (χ1v) is 7.46. The van der Waals surface area contributed by atoms with Crippen molar-refractivity contribution in [2.75, 3.05) is 13.2 Å². The highest BCUT2D eigenvalue weighted by molar-refractivity contribution is 5.70. The second-order valence-corrected chi connectivity index (χ2v) is 5.89. The van der Waals surface area contributed by atoms with Gasteiger partial charge in [0, 0.05) is 18.6 Å². The normalized spacial score (nSPS) is 18.6. The number of rotatable bonds is 7. The molecule has 0 bridgehead atoms. The fourth-order valence-corrected chi connectivity index (χ4v) is 2.92. The molecule has 0 aliphatic heterocycles. The van der Waals surface area contributed by atoms with Crippen LogP contribution in [0.2, 0.25) is 0 Å². The van der Waals surface area contributed by atoms with Crippen molar-refractivity contribution in [2.45, 2.75) is 71.9 Å². The fraction of sp³-hybridized carbons (Fsp3) is 0.933. The van der Waals surface area contributed by atoms with E-state index >= 15 is 0 Å². The summed E-state index contributed by atoms with van der Waals surface area (Å²) in [5, 5.41) is 0. The number of carbonyl (C=O) groups is 1. The molecule has 0 heterocycles. The van der Waals surface area contributed by atoms with Gasteiger partial charge in [0.15, 0.2) is 0 Å². The number of ether oxygens (including phenoxy) is 1. The van der Waals surface area contributed by atoms with Crippen LogP contribution in [0.1, 0.15) is 59.8 Å². The van der Waals surface area contributed by atoms with Crippen LogP contribution in [0.5, 0.6) is 0 Å². The van der Waals surface area contributed by atoms with Gasteiger partial charge in [0.25, 0.3) is 0 Å². The third kappa shape index (κ3) is 4.97. The highest BCUT2D eigenvalue weighted by Crippen LogP contribution is 2.26. The van der Waals surface area contributed by atoms with Crippen LogP contribution in [-0.2, 0) is 9.53 Å². The van der Waals surface area contributed by atoms with Crippen molar-refractivity contribution in [1.82, 2.24) is 4.90 Å². The van der Waals surface area contributed by atoms with Crippen molar-refractivity contribution in [2.24, 2.45) is 5.92 Å². The van der Waals surface area contributed by atoms with Crippen LogP contribution in [0.3, 0.4) is 0 Å². The van der Waals surface area contributed by atoms with E-state index in [0.717, 1.165) is 6.54 Å². The first kappa shape index (κ1) is 15.5. The summed E-state index contributed by atoms with van der Waals surface area (Å²) in [7, 11) is 0. The molecule has 0 saturated heterocycles. The molecule has 1 fully saturated rings. The van der Waals surface area contributed by atoms with Crippen molar-refractivity contribution < 1.29 is 9.53 Å². The topological polar surface area (TPSA) is 29.5 Å². The smallest absolute Gasteiger partial charge is 0.307 e. The molecule has 1 rings (SSSR count). The minimum absolute atomic E-state index is 0.0586. The molecule has 106 valence electrons. The Bertz CT molecular complexity index is 247. The van der Waals surface area contributed by atoms with E-state index < -0.39 is 0 Å². The Labute approximate surface area is 112 Å². The zero-order valence-electron chi connectivity index (χ0n) is 12.4. The standard InChI is InChI=1S/C15H29NO2/c1-5-18-15(17)10-13(4)16(11-12(2)3)14-8-6-7-9-14/h12-14H,5-11H2,1-4H3. The predicted molar refractivity (Wildman–Crippen MR) is 74.5 cm³/mol. The summed E-state index contributed by atoms with van der Waals surface area (Å²) in [5.41, 5.74) is 0. The molecule has 0 aromatic rings. The van der Waals surface area contributed by atoms with E-state index in [2.05, 4.69) is 25.7 Å². The summed E-state index contributed by atoms with van der Waals surface area (Å²) < 4.78 is 5.06. The van der Waals surface area contributed by atoms with E-state index in [0.29, 0.717) is 31.0 Å². The molecule has 0 amide bonds. The molecule has 1 unspecified atom stereocenters. The third-order valence-corrected chi connectivity index (χ3v) is 3.70. The number of hydrogen-bond acceptors (Lipinski definition) is 3. The molecule has 0 aromatic heterocycles. The number of hydrogen-bond donors (Lipinski definition) is 0. The lowest BCUT2D eigenvalue weighted by atomic mass is 10.1. The minimum atomic E-state index is -0.0586. The predicted octanol–water partition coefficient (Wildman–Crippen LogP) is 3.23. The van der Waals surface area contributed by atoms with Crippen LogP contribution < -0.4 is 0 Å². The van der Waals surface area contributed by atoms with E-state index in [4.69, 9.17) is 4.74 Å². The Morgan fingerprint density at radius 1 is 1.28 bits per heavy atom. The second-order valence-electron chi connectivity index (χ2n) is 5.89. The Kier molecular flexibility index (Phi) is 6.69. The quantitative estimate of drug-likeness (QED) is 0.654. The Balaban J connectivity index is 2.54. The van der Waals surface area contributed by atoms with Crippen LogP contribution in [0.25, 0.3) is 0 Å². The van der Waals surface area contributed by atoms with Gasteiger partial charge in [-0.2, -0.15) is 0 Å². The molecule has 0 radical (unpaired) electrons. The molecule has 0 aromatic carbocycles. The van der Waals surface area contributed by atoms with Gasteiger partial charge >= 0.3 is 5.97 Å². The Morgan fingerprint density at radius 2 is 1.89 bits per heavy atom. The Hall–Kier alpha value is -0.570. The van der Waals surface area contributed by atoms with Crippen molar-refractivity contribution in [1.29, 1.82) is 0 Å². The van der Waals surface area contributed by atoms with Gasteiger partial charge in [0.2, 0.25) is 0 Å². The molecule has 0 spiro atoms. The first-order chi connectivity index (χ1) is 8.54. The molecular formula is C15H29NO2. The molecule has 1 atom stereocenters. The summed E-state index contributed by atoms with van der Waals surface area (Å²) in [6.07, 6.45) is 5.79. The number of esters is 1. The maximum atomic E-state index is 11.6. The van der Waals surface area contributed by atoms with Crippen molar-refractivity contribution >= 4 is 5.97 Å². The molecule has 1 aliphatic carbocycles. The van der Waals surface area contributed by atoms with E-state index in [1.54, 1.807) is 0 Å². The second kappa shape index (κ2) is 7.78. The zero-order valence-corrected chi connectivity index (χ0v) is 12.4. The van der Waals surface area contributed by atoms with Gasteiger partial charge in [-0.1, -0.05) is 26.7 Å². The number of carbonyl (C=O) groups excluding carboxylic acids is 1. The maximum absolute atomic E-state index is 11.6. The van der Waals surface area contributed by atoms with Gasteiger partial charge in [0.05, 0.1) is 13.0 Å². The minimum Gasteiger partial charge on any atom is -0.466 e. The van der Waals surface area contributed by atoms with Crippen LogP contribution in [-0.4, -0.2) is 36.1 Å². The van der Waals surface area contributed by atoms with Gasteiger partial charge in [-0.3, -0.25) is 9.69 Å². The monoisotopic (exact) mass is 255 g/mol. The highest BCUT2D eigenvalue weighted by atomic mass is 16.5. The molecule has 3 nitrogen and oxygen atoms in total. The zero-order chi connectivity index (χ0) is 13.5. The van der Waals surface area contributed by atoms with Crippen LogP contribution >= 0.6 is 0 Å². The molecule has 1 aliphatic rings. The van der Waals surface area contributed by atoms with Gasteiger partial charge < -0.3 is 4.74 Å². The summed E-state index contributed by atoms with van der Waals surface area (Å²) in [6, 6.07) is 0.978. The molecule has 3 heteroatoms. The van der Waals surface area contributed by atoms with E-state index in [9.17, 15) is 4.79 Å². The summed E-state index contributed by atoms with van der Waals surface area (Å²) in [6.45, 7) is 10.1. The lowest BCUT2D eigenvalue weighted by Gasteiger charge is -2.35. The van der Waals surface area contributed by atoms with E-state index in [1.165, 1.54) is 25.7 Å². The Morgan fingerprint density at radius 3 is 2.39 bits per heavy atom. The first-order valence-electron chi connectivity index (χ1n) is 7.46. The molecular weight excluding hydrogens is 226 g/mol.